The van der Waals surface area contributed by atoms with E-state index >= 15 is 0 Å². The summed E-state index contributed by atoms with van der Waals surface area (Å²) in [4.78, 5) is 19.6. The van der Waals surface area contributed by atoms with Gasteiger partial charge in [-0.15, -0.1) is 0 Å². The molecule has 0 aliphatic heterocycles. The smallest absolute Gasteiger partial charge is 0.333 e. The Hall–Kier alpha value is -4.20. The molecule has 11 N–H and O–H groups in total. The van der Waals surface area contributed by atoms with Gasteiger partial charge >= 0.3 is 5.69 Å². The number of nitrogens with one attached hydrogen (secondary N) is 1. The molecule has 4 aromatic heterocycles. The number of nitriles is 1. The first-order valence-corrected chi connectivity index (χ1v) is 12.7. The van der Waals surface area contributed by atoms with E-state index in [1.165, 1.54) is 23.3 Å². The van der Waals surface area contributed by atoms with Gasteiger partial charge in [0.1, 0.15) is 23.1 Å². The van der Waals surface area contributed by atoms with Crippen molar-refractivity contribution in [2.24, 2.45) is 33.9 Å². The number of ketones is 1. The van der Waals surface area contributed by atoms with Crippen LogP contribution in [0.1, 0.15) is 37.5 Å². The molecule has 4 rings (SSSR count). The van der Waals surface area contributed by atoms with Crippen LogP contribution in [0.4, 0.5) is 34.6 Å². The molecule has 0 fully saturated rings. The molecule has 19 nitrogen and oxygen atoms in total. The molecule has 0 bridgehead atoms. The van der Waals surface area contributed by atoms with Crippen LogP contribution in [0.5, 0.6) is 0 Å². The Morgan fingerprint density at radius 1 is 0.889 bits per heavy atom. The standard InChI is InChI=1S/C5H8N4O2.C5H10N4.C5H9N3.C5H8N3.C4H5NO.CH5N.Ac.H2/c1-3-4(9(10)11)5(6)8(2)7-3;1-3-4(6)5(7)9(2)8-3;2*1-4-3-5(6)8(2)7-4;1-4(6)2-3-5;1-2;;/h6H2,1-2H3;6-7H2,1-2H3;3H,6H2,1-2H3;3,6H,1-2H3;2H2,1H3;2H2,1H3;;1H/q;;;-1;;;;. The van der Waals surface area contributed by atoms with Crippen LogP contribution >= 0.6 is 0 Å². The number of nitrogen functional groups attached to an aromatic ring is 4. The summed E-state index contributed by atoms with van der Waals surface area (Å²) in [6.07, 6.45) is 0.0417. The predicted octanol–water partition coefficient (Wildman–Crippen LogP) is 2.14. The van der Waals surface area contributed by atoms with E-state index in [2.05, 4.69) is 26.1 Å². The number of hydrogen-bond donors (Lipinski definition) is 5. The van der Waals surface area contributed by atoms with Crippen molar-refractivity contribution in [1.29, 1.82) is 5.26 Å². The van der Waals surface area contributed by atoms with Crippen LogP contribution in [-0.4, -0.2) is 56.9 Å². The van der Waals surface area contributed by atoms with E-state index in [9.17, 15) is 14.9 Å². The van der Waals surface area contributed by atoms with Gasteiger partial charge in [0.15, 0.2) is 0 Å². The van der Waals surface area contributed by atoms with Crippen molar-refractivity contribution in [1.82, 2.24) is 39.1 Å². The van der Waals surface area contributed by atoms with Crippen LogP contribution in [0, 0.1) is 93.2 Å². The van der Waals surface area contributed by atoms with Gasteiger partial charge < -0.3 is 39.1 Å². The molecule has 249 valence electrons. The summed E-state index contributed by atoms with van der Waals surface area (Å²) < 4.78 is 6.03. The fraction of sp³-hybridized carbons (Fsp3) is 0.440. The zero-order chi connectivity index (χ0) is 34.9. The summed E-state index contributed by atoms with van der Waals surface area (Å²) >= 11 is 0. The maximum Gasteiger partial charge on any atom is 0.333 e. The van der Waals surface area contributed by atoms with Gasteiger partial charge in [-0.05, 0) is 60.6 Å². The average molecular weight is 847 g/mol. The van der Waals surface area contributed by atoms with E-state index in [4.69, 9.17) is 33.9 Å². The van der Waals surface area contributed by atoms with Gasteiger partial charge in [0, 0.05) is 78.4 Å². The fourth-order valence-corrected chi connectivity index (χ4v) is 2.94. The number of carbonyl (C=O) groups excluding carboxylic acids is 1. The monoisotopic (exact) mass is 846 g/mol. The first-order valence-electron chi connectivity index (χ1n) is 12.7. The zero-order valence-electron chi connectivity index (χ0n) is 27.5. The number of carbonyl (C=O) groups is 1. The van der Waals surface area contributed by atoms with Gasteiger partial charge in [-0.1, -0.05) is 0 Å². The third-order valence-electron chi connectivity index (χ3n) is 5.10. The average Bonchev–Trinajstić information content (AvgIpc) is 3.56. The molecule has 0 atom stereocenters. The minimum atomic E-state index is -0.530. The molecular formula is C25H47AcN16O3-. The van der Waals surface area contributed by atoms with Gasteiger partial charge in [-0.2, -0.15) is 20.6 Å². The quantitative estimate of drug-likeness (QED) is 0.143. The summed E-state index contributed by atoms with van der Waals surface area (Å²) in [6.45, 7) is 8.55. The van der Waals surface area contributed by atoms with E-state index in [0.29, 0.717) is 28.8 Å². The SMILES string of the molecule is CC(=O)CC#N.CN.Cc1cc(N)n(C)n1.Cc1cc([NH-])n(C)n1.Cc1nn(C)c(N)c1N.Cc1nn(C)c(N)c1[N+](=O)[O-].[Ac].[HH]. The van der Waals surface area contributed by atoms with E-state index < -0.39 is 4.92 Å². The first kappa shape index (κ1) is 45.2. The van der Waals surface area contributed by atoms with E-state index in [1.54, 1.807) is 49.6 Å². The summed E-state index contributed by atoms with van der Waals surface area (Å²) in [5, 5.41) is 33.8. The number of rotatable bonds is 2. The molecule has 0 amide bonds. The molecule has 0 saturated heterocycles. The van der Waals surface area contributed by atoms with Crippen molar-refractivity contribution in [3.05, 3.63) is 50.8 Å². The molecule has 0 saturated carbocycles. The molecule has 45 heavy (non-hydrogen) atoms. The van der Waals surface area contributed by atoms with Crippen molar-refractivity contribution in [3.8, 4) is 6.07 Å². The maximum absolute atomic E-state index is 10.3. The van der Waals surface area contributed by atoms with Crippen LogP contribution in [-0.2, 0) is 33.0 Å². The molecule has 0 aliphatic carbocycles. The second kappa shape index (κ2) is 22.3. The zero-order valence-corrected chi connectivity index (χ0v) is 32.3. The Kier molecular flexibility index (Phi) is 22.4. The number of nitro groups is 1. The molecule has 1 radical (unpaired) electrons. The van der Waals surface area contributed by atoms with Crippen molar-refractivity contribution < 1.29 is 55.2 Å². The number of nitrogens with two attached hydrogens (primary N) is 5. The van der Waals surface area contributed by atoms with Gasteiger partial charge in [-0.25, -0.2) is 4.68 Å². The number of anilines is 4. The van der Waals surface area contributed by atoms with Crippen molar-refractivity contribution in [2.45, 2.75) is 41.0 Å². The number of nitrogens with zero attached hydrogens (tertiary/aromatic N) is 10. The number of Topliss-reactive ketones (excluding diaryl/α,β-unsaturated/α-hetero) is 1. The summed E-state index contributed by atoms with van der Waals surface area (Å²) in [5.74, 6) is 1.72. The Morgan fingerprint density at radius 3 is 1.44 bits per heavy atom. The minimum absolute atomic E-state index is 0. The van der Waals surface area contributed by atoms with Gasteiger partial charge in [0.2, 0.25) is 5.82 Å². The van der Waals surface area contributed by atoms with Gasteiger partial charge in [0.25, 0.3) is 0 Å². The molecule has 0 aromatic carbocycles. The van der Waals surface area contributed by atoms with E-state index in [0.717, 1.165) is 17.1 Å². The molecule has 0 spiro atoms. The predicted molar refractivity (Wildman–Crippen MR) is 173 cm³/mol. The number of aryl methyl sites for hydroxylation is 8. The van der Waals surface area contributed by atoms with Crippen LogP contribution < -0.4 is 28.7 Å². The summed E-state index contributed by atoms with van der Waals surface area (Å²) in [6, 6.07) is 5.27. The van der Waals surface area contributed by atoms with Crippen molar-refractivity contribution in [2.75, 3.05) is 30.0 Å². The third-order valence-corrected chi connectivity index (χ3v) is 5.10. The Balaban J connectivity index is -0.000000237. The number of hydrogen-bond acceptors (Lipinski definition) is 13. The largest absolute Gasteiger partial charge is 0.481 e. The Bertz CT molecular complexity index is 1430. The minimum Gasteiger partial charge on any atom is -0.481 e. The van der Waals surface area contributed by atoms with Gasteiger partial charge in [0.05, 0.1) is 34.5 Å². The molecular weight excluding hydrogens is 799 g/mol. The van der Waals surface area contributed by atoms with E-state index in [-0.39, 0.29) is 69.2 Å². The maximum atomic E-state index is 10.3. The molecule has 0 aliphatic rings. The molecule has 20 heteroatoms. The Labute approximate surface area is 300 Å². The van der Waals surface area contributed by atoms with Gasteiger partial charge in [-0.3, -0.25) is 29.4 Å². The topological polar surface area (TPSA) is 309 Å². The van der Waals surface area contributed by atoms with Crippen LogP contribution in [0.3, 0.4) is 0 Å². The van der Waals surface area contributed by atoms with Crippen molar-refractivity contribution >= 4 is 40.4 Å². The Morgan fingerprint density at radius 2 is 1.33 bits per heavy atom. The van der Waals surface area contributed by atoms with Crippen LogP contribution in [0.2, 0.25) is 0 Å². The third kappa shape index (κ3) is 16.4. The van der Waals surface area contributed by atoms with E-state index in [1.807, 2.05) is 33.9 Å². The molecule has 4 aromatic rings. The summed E-state index contributed by atoms with van der Waals surface area (Å²) in [5.41, 5.74) is 36.9. The molecule has 4 heterocycles. The second-order valence-electron chi connectivity index (χ2n) is 8.87. The molecule has 0 unspecified atom stereocenters. The fourth-order valence-electron chi connectivity index (χ4n) is 2.94. The normalized spacial score (nSPS) is 8.93. The number of aromatic nitrogens is 8. The second-order valence-corrected chi connectivity index (χ2v) is 8.87. The van der Waals surface area contributed by atoms with Crippen molar-refractivity contribution in [3.63, 3.8) is 0 Å². The summed E-state index contributed by atoms with van der Waals surface area (Å²) in [7, 11) is 8.41. The van der Waals surface area contributed by atoms with Crippen LogP contribution in [0.25, 0.3) is 5.73 Å². The van der Waals surface area contributed by atoms with Crippen LogP contribution in [0.15, 0.2) is 12.1 Å². The first-order chi connectivity index (χ1) is 20.3.